The average Bonchev–Trinajstić information content (AvgIpc) is 2.43. The Hall–Kier alpha value is -2.16. The van der Waals surface area contributed by atoms with Gasteiger partial charge in [-0.2, -0.15) is 0 Å². The molecule has 20 heavy (non-hydrogen) atoms. The molecular weight excluding hydrogens is 255 g/mol. The molecule has 104 valence electrons. The highest BCUT2D eigenvalue weighted by molar-refractivity contribution is 6.00. The van der Waals surface area contributed by atoms with Crippen LogP contribution in [0.1, 0.15) is 28.4 Å². The number of benzene rings is 2. The van der Waals surface area contributed by atoms with Crippen LogP contribution in [-0.2, 0) is 0 Å². The summed E-state index contributed by atoms with van der Waals surface area (Å²) in [5.74, 6) is 0.0824. The van der Waals surface area contributed by atoms with Gasteiger partial charge in [0.05, 0.1) is 0 Å². The van der Waals surface area contributed by atoms with Crippen molar-refractivity contribution in [2.24, 2.45) is 0 Å². The van der Waals surface area contributed by atoms with E-state index in [9.17, 15) is 9.18 Å². The number of ether oxygens (including phenoxy) is 1. The van der Waals surface area contributed by atoms with Gasteiger partial charge in [-0.25, -0.2) is 4.39 Å². The fraction of sp³-hybridized carbons (Fsp3) is 0.235. The van der Waals surface area contributed by atoms with Crippen molar-refractivity contribution >= 4 is 5.78 Å². The first-order valence-electron chi connectivity index (χ1n) is 6.51. The quantitative estimate of drug-likeness (QED) is 0.783. The van der Waals surface area contributed by atoms with Gasteiger partial charge in [-0.05, 0) is 56.7 Å². The number of halogens is 1. The molecule has 0 N–H and O–H groups in total. The number of ketones is 1. The molecule has 0 amide bonds. The summed E-state index contributed by atoms with van der Waals surface area (Å²) in [6.07, 6.45) is -0.610. The third-order valence-corrected chi connectivity index (χ3v) is 3.15. The molecule has 1 unspecified atom stereocenters. The summed E-state index contributed by atoms with van der Waals surface area (Å²) >= 11 is 0. The van der Waals surface area contributed by atoms with E-state index in [4.69, 9.17) is 4.74 Å². The first-order chi connectivity index (χ1) is 9.47. The van der Waals surface area contributed by atoms with Crippen LogP contribution < -0.4 is 4.74 Å². The van der Waals surface area contributed by atoms with Crippen LogP contribution in [0.2, 0.25) is 0 Å². The van der Waals surface area contributed by atoms with Gasteiger partial charge in [0.25, 0.3) is 0 Å². The van der Waals surface area contributed by atoms with E-state index in [2.05, 4.69) is 0 Å². The standard InChI is InChI=1S/C17H17FO2/c1-11-4-5-12(2)16(10-11)17(19)13(3)20-15-8-6-14(18)7-9-15/h4-10,13H,1-3H3. The monoisotopic (exact) mass is 272 g/mol. The number of Topliss-reactive ketones (excluding diaryl/α,β-unsaturated/α-hetero) is 1. The van der Waals surface area contributed by atoms with Gasteiger partial charge < -0.3 is 4.74 Å². The Kier molecular flexibility index (Phi) is 4.18. The summed E-state index contributed by atoms with van der Waals surface area (Å²) in [6.45, 7) is 5.55. The van der Waals surface area contributed by atoms with Gasteiger partial charge >= 0.3 is 0 Å². The summed E-state index contributed by atoms with van der Waals surface area (Å²) in [5.41, 5.74) is 2.63. The first kappa shape index (κ1) is 14.3. The van der Waals surface area contributed by atoms with Gasteiger partial charge in [-0.1, -0.05) is 17.7 Å². The van der Waals surface area contributed by atoms with Crippen molar-refractivity contribution in [1.82, 2.24) is 0 Å². The molecule has 0 aromatic heterocycles. The van der Waals surface area contributed by atoms with Crippen molar-refractivity contribution in [1.29, 1.82) is 0 Å². The zero-order chi connectivity index (χ0) is 14.7. The third-order valence-electron chi connectivity index (χ3n) is 3.15. The van der Waals surface area contributed by atoms with E-state index in [-0.39, 0.29) is 11.6 Å². The van der Waals surface area contributed by atoms with E-state index in [0.717, 1.165) is 11.1 Å². The van der Waals surface area contributed by atoms with E-state index in [0.29, 0.717) is 11.3 Å². The van der Waals surface area contributed by atoms with Crippen LogP contribution in [-0.4, -0.2) is 11.9 Å². The summed E-state index contributed by atoms with van der Waals surface area (Å²) < 4.78 is 18.4. The molecule has 0 aliphatic carbocycles. The van der Waals surface area contributed by atoms with Crippen LogP contribution in [0.5, 0.6) is 5.75 Å². The highest BCUT2D eigenvalue weighted by Gasteiger charge is 2.18. The van der Waals surface area contributed by atoms with Gasteiger partial charge in [-0.3, -0.25) is 4.79 Å². The second-order valence-corrected chi connectivity index (χ2v) is 4.90. The second-order valence-electron chi connectivity index (χ2n) is 4.90. The highest BCUT2D eigenvalue weighted by atomic mass is 19.1. The molecule has 1 atom stereocenters. The largest absolute Gasteiger partial charge is 0.483 e. The second kappa shape index (κ2) is 5.87. The third kappa shape index (κ3) is 3.23. The van der Waals surface area contributed by atoms with Crippen molar-refractivity contribution in [3.05, 3.63) is 65.0 Å². The Bertz CT molecular complexity index is 617. The lowest BCUT2D eigenvalue weighted by molar-refractivity contribution is 0.0817. The molecule has 0 spiro atoms. The molecule has 2 aromatic carbocycles. The van der Waals surface area contributed by atoms with E-state index >= 15 is 0 Å². The minimum atomic E-state index is -0.610. The molecule has 0 saturated carbocycles. The van der Waals surface area contributed by atoms with Crippen molar-refractivity contribution in [2.45, 2.75) is 26.9 Å². The van der Waals surface area contributed by atoms with E-state index in [1.165, 1.54) is 24.3 Å². The van der Waals surface area contributed by atoms with Crippen LogP contribution in [0.4, 0.5) is 4.39 Å². The summed E-state index contributed by atoms with van der Waals surface area (Å²) in [5, 5.41) is 0. The maximum Gasteiger partial charge on any atom is 0.203 e. The number of hydrogen-bond acceptors (Lipinski definition) is 2. The zero-order valence-corrected chi connectivity index (χ0v) is 11.8. The Morgan fingerprint density at radius 1 is 1.10 bits per heavy atom. The normalized spacial score (nSPS) is 12.0. The van der Waals surface area contributed by atoms with E-state index in [1.807, 2.05) is 32.0 Å². The Balaban J connectivity index is 2.16. The van der Waals surface area contributed by atoms with Gasteiger partial charge in [0, 0.05) is 5.56 Å². The minimum absolute atomic E-state index is 0.0736. The average molecular weight is 272 g/mol. The molecule has 2 aromatic rings. The van der Waals surface area contributed by atoms with E-state index in [1.54, 1.807) is 6.92 Å². The lowest BCUT2D eigenvalue weighted by Gasteiger charge is -2.15. The fourth-order valence-corrected chi connectivity index (χ4v) is 1.99. The molecule has 0 heterocycles. The molecular formula is C17H17FO2. The topological polar surface area (TPSA) is 26.3 Å². The van der Waals surface area contributed by atoms with Crippen LogP contribution in [0, 0.1) is 19.7 Å². The predicted molar refractivity (Wildman–Crippen MR) is 76.7 cm³/mol. The van der Waals surface area contributed by atoms with Crippen molar-refractivity contribution in [2.75, 3.05) is 0 Å². The smallest absolute Gasteiger partial charge is 0.203 e. The van der Waals surface area contributed by atoms with Gasteiger partial charge in [-0.15, -0.1) is 0 Å². The maximum absolute atomic E-state index is 12.8. The van der Waals surface area contributed by atoms with E-state index < -0.39 is 6.10 Å². The predicted octanol–water partition coefficient (Wildman–Crippen LogP) is 4.09. The summed E-state index contributed by atoms with van der Waals surface area (Å²) in [7, 11) is 0. The van der Waals surface area contributed by atoms with Gasteiger partial charge in [0.15, 0.2) is 6.10 Å². The fourth-order valence-electron chi connectivity index (χ4n) is 1.99. The lowest BCUT2D eigenvalue weighted by atomic mass is 9.99. The number of hydrogen-bond donors (Lipinski definition) is 0. The minimum Gasteiger partial charge on any atom is -0.483 e. The summed E-state index contributed by atoms with van der Waals surface area (Å²) in [6, 6.07) is 11.4. The molecule has 0 bridgehead atoms. The SMILES string of the molecule is Cc1ccc(C)c(C(=O)C(C)Oc2ccc(F)cc2)c1. The van der Waals surface area contributed by atoms with Crippen molar-refractivity contribution in [3.63, 3.8) is 0 Å². The Labute approximate surface area is 118 Å². The van der Waals surface area contributed by atoms with Gasteiger partial charge in [0.2, 0.25) is 5.78 Å². The Morgan fingerprint density at radius 3 is 2.40 bits per heavy atom. The number of carbonyl (C=O) groups is 1. The molecule has 3 heteroatoms. The number of carbonyl (C=O) groups excluding carboxylic acids is 1. The molecule has 2 nitrogen and oxygen atoms in total. The van der Waals surface area contributed by atoms with Crippen LogP contribution in [0.15, 0.2) is 42.5 Å². The zero-order valence-electron chi connectivity index (χ0n) is 11.8. The van der Waals surface area contributed by atoms with Crippen molar-refractivity contribution in [3.8, 4) is 5.75 Å². The van der Waals surface area contributed by atoms with Crippen LogP contribution in [0.25, 0.3) is 0 Å². The molecule has 0 radical (unpaired) electrons. The maximum atomic E-state index is 12.8. The number of rotatable bonds is 4. The van der Waals surface area contributed by atoms with Crippen molar-refractivity contribution < 1.29 is 13.9 Å². The van der Waals surface area contributed by atoms with Crippen LogP contribution in [0.3, 0.4) is 0 Å². The molecule has 0 fully saturated rings. The molecule has 0 saturated heterocycles. The number of aryl methyl sites for hydroxylation is 2. The van der Waals surface area contributed by atoms with Gasteiger partial charge in [0.1, 0.15) is 11.6 Å². The Morgan fingerprint density at radius 2 is 1.75 bits per heavy atom. The highest BCUT2D eigenvalue weighted by Crippen LogP contribution is 2.17. The lowest BCUT2D eigenvalue weighted by Crippen LogP contribution is -2.24. The first-order valence-corrected chi connectivity index (χ1v) is 6.51. The molecule has 0 aliphatic heterocycles. The molecule has 2 rings (SSSR count). The molecule has 0 aliphatic rings. The summed E-state index contributed by atoms with van der Waals surface area (Å²) in [4.78, 5) is 12.4. The van der Waals surface area contributed by atoms with Crippen LogP contribution >= 0.6 is 0 Å².